The van der Waals surface area contributed by atoms with Gasteiger partial charge in [0.2, 0.25) is 5.91 Å². The Bertz CT molecular complexity index is 2350. The molecule has 2 aromatic carbocycles. The van der Waals surface area contributed by atoms with Crippen molar-refractivity contribution >= 4 is 50.8 Å². The van der Waals surface area contributed by atoms with Crippen molar-refractivity contribution in [2.45, 2.75) is 65.5 Å². The lowest BCUT2D eigenvalue weighted by atomic mass is 9.94. The normalized spacial score (nSPS) is 17.4. The molecule has 0 saturated carbocycles. The van der Waals surface area contributed by atoms with Gasteiger partial charge in [-0.25, -0.2) is 19.2 Å². The summed E-state index contributed by atoms with van der Waals surface area (Å²) in [6.45, 7) is 16.6. The number of nitrogens with zero attached hydrogens (tertiary/aromatic N) is 6. The summed E-state index contributed by atoms with van der Waals surface area (Å²) < 4.78 is 20.0. The number of rotatable bonds is 5. The summed E-state index contributed by atoms with van der Waals surface area (Å²) >= 11 is 7.49. The van der Waals surface area contributed by atoms with Crippen LogP contribution in [0.15, 0.2) is 46.8 Å². The highest BCUT2D eigenvalue weighted by molar-refractivity contribution is 6.39. The number of halogens is 2. The van der Waals surface area contributed by atoms with Crippen LogP contribution in [-0.2, 0) is 11.8 Å². The Labute approximate surface area is 293 Å². The molecule has 2 aliphatic heterocycles. The molecule has 0 spiro atoms. The molecule has 0 aliphatic carbocycles. The van der Waals surface area contributed by atoms with E-state index in [2.05, 4.69) is 31.7 Å². The van der Waals surface area contributed by atoms with E-state index < -0.39 is 5.82 Å². The molecule has 7 rings (SSSR count). The first-order valence-corrected chi connectivity index (χ1v) is 17.2. The fourth-order valence-electron chi connectivity index (χ4n) is 7.73. The van der Waals surface area contributed by atoms with Crippen molar-refractivity contribution in [3.8, 4) is 16.8 Å². The third-order valence-corrected chi connectivity index (χ3v) is 10.5. The lowest BCUT2D eigenvalue weighted by Crippen LogP contribution is -2.62. The van der Waals surface area contributed by atoms with Crippen LogP contribution < -0.4 is 21.5 Å². The van der Waals surface area contributed by atoms with Crippen molar-refractivity contribution in [2.75, 3.05) is 29.9 Å². The monoisotopic (exact) mass is 698 g/mol. The summed E-state index contributed by atoms with van der Waals surface area (Å²) in [4.78, 5) is 56.7. The lowest BCUT2D eigenvalue weighted by Gasteiger charge is -2.49. The van der Waals surface area contributed by atoms with E-state index in [1.165, 1.54) is 23.0 Å². The number of piperazine rings is 1. The van der Waals surface area contributed by atoms with Gasteiger partial charge in [0.15, 0.2) is 0 Å². The maximum Gasteiger partial charge on any atom is 0.326 e. The Morgan fingerprint density at radius 3 is 2.38 bits per heavy atom. The quantitative estimate of drug-likeness (QED) is 0.216. The Morgan fingerprint density at radius 1 is 1.06 bits per heavy atom. The number of benzene rings is 2. The molecular weight excluding hydrogens is 659 g/mol. The topological polar surface area (TPSA) is 121 Å². The Hall–Kier alpha value is -4.97. The number of nitrogens with one attached hydrogen (secondary N) is 2. The van der Waals surface area contributed by atoms with E-state index >= 15 is 9.18 Å². The van der Waals surface area contributed by atoms with Crippen molar-refractivity contribution < 1.29 is 9.18 Å². The smallest absolute Gasteiger partial charge is 0.326 e. The molecule has 13 heteroatoms. The number of H-pyrrole nitrogens is 1. The van der Waals surface area contributed by atoms with E-state index in [4.69, 9.17) is 11.6 Å². The first-order valence-electron chi connectivity index (χ1n) is 16.8. The highest BCUT2D eigenvalue weighted by atomic mass is 35.5. The van der Waals surface area contributed by atoms with Crippen LogP contribution in [0.1, 0.15) is 63.4 Å². The van der Waals surface area contributed by atoms with Crippen LogP contribution in [0.4, 0.5) is 15.8 Å². The number of carbonyl (C=O) groups excluding carboxylic acids is 1. The van der Waals surface area contributed by atoms with Gasteiger partial charge in [0.1, 0.15) is 17.8 Å². The minimum absolute atomic E-state index is 0.0213. The minimum atomic E-state index is -0.604. The number of fused-ring (bicyclic) bond motifs is 6. The lowest BCUT2D eigenvalue weighted by molar-refractivity contribution is -0.128. The zero-order valence-corrected chi connectivity index (χ0v) is 29.9. The molecule has 260 valence electrons. The number of aromatic nitrogens is 5. The predicted molar refractivity (Wildman–Crippen MR) is 197 cm³/mol. The fraction of sp³-hybridized carbons (Fsp3) is 0.378. The van der Waals surface area contributed by atoms with Crippen LogP contribution >= 0.6 is 11.6 Å². The molecule has 11 nitrogen and oxygen atoms in total. The number of carbonyl (C=O) groups is 1. The van der Waals surface area contributed by atoms with Crippen LogP contribution in [0.2, 0.25) is 5.02 Å². The van der Waals surface area contributed by atoms with Gasteiger partial charge in [0, 0.05) is 49.2 Å². The molecule has 2 N–H and O–H groups in total. The van der Waals surface area contributed by atoms with Gasteiger partial charge in [0.25, 0.3) is 5.56 Å². The molecule has 50 heavy (non-hydrogen) atoms. The summed E-state index contributed by atoms with van der Waals surface area (Å²) in [5, 5.41) is 3.82. The van der Waals surface area contributed by atoms with Crippen LogP contribution in [0.25, 0.3) is 38.8 Å². The second-order valence-electron chi connectivity index (χ2n) is 14.0. The Balaban J connectivity index is 1.65. The highest BCUT2D eigenvalue weighted by Crippen LogP contribution is 2.47. The van der Waals surface area contributed by atoms with Gasteiger partial charge in [-0.2, -0.15) is 0 Å². The molecular formula is C37H40ClFN8O3. The van der Waals surface area contributed by atoms with Crippen molar-refractivity contribution in [2.24, 2.45) is 7.05 Å². The molecule has 1 saturated heterocycles. The largest absolute Gasteiger partial charge is 0.377 e. The van der Waals surface area contributed by atoms with Crippen molar-refractivity contribution in [3.05, 3.63) is 85.8 Å². The summed E-state index contributed by atoms with van der Waals surface area (Å²) in [6, 6.07) is 4.62. The van der Waals surface area contributed by atoms with E-state index in [0.29, 0.717) is 81.1 Å². The number of aryl methyl sites for hydroxylation is 2. The SMILES string of the molecule is C=CC(=O)N1CC2CNc3c(c4cc(F)c(-c5c(C)ccc6[nH]c(=O)n(C)c56)c(Cl)c4n(-c4c(C(C)C)ncnc4C(C)C)c3=O)N2CC1C. The molecule has 0 radical (unpaired) electrons. The average molecular weight is 699 g/mol. The van der Waals surface area contributed by atoms with Gasteiger partial charge in [-0.1, -0.05) is 51.9 Å². The second-order valence-corrected chi connectivity index (χ2v) is 14.4. The molecule has 3 aromatic heterocycles. The molecule has 5 heterocycles. The summed E-state index contributed by atoms with van der Waals surface area (Å²) in [5.74, 6) is -0.966. The van der Waals surface area contributed by atoms with Crippen LogP contribution in [0.3, 0.4) is 0 Å². The number of aromatic amines is 1. The van der Waals surface area contributed by atoms with Crippen molar-refractivity contribution in [1.82, 2.24) is 29.0 Å². The summed E-state index contributed by atoms with van der Waals surface area (Å²) in [5.41, 5.74) is 4.50. The van der Waals surface area contributed by atoms with Crippen LogP contribution in [-0.4, -0.2) is 66.6 Å². The average Bonchev–Trinajstić information content (AvgIpc) is 3.37. The predicted octanol–water partition coefficient (Wildman–Crippen LogP) is 5.99. The molecule has 2 atom stereocenters. The molecule has 1 amide bonds. The third kappa shape index (κ3) is 4.86. The first kappa shape index (κ1) is 33.5. The Kier molecular flexibility index (Phi) is 8.12. The number of hydrogen-bond acceptors (Lipinski definition) is 7. The van der Waals surface area contributed by atoms with Crippen LogP contribution in [0.5, 0.6) is 0 Å². The summed E-state index contributed by atoms with van der Waals surface area (Å²) in [6.07, 6.45) is 2.82. The standard InChI is InChI=1S/C37H40ClFN8O3/c1-9-25(48)45-15-21-13-40-31-33(46(21)14-20(45)7)22-12-23(39)27(26-19(6)10-11-24-34(26)44(8)37(50)43-24)28(38)32(22)47(36(31)49)35-29(17(2)3)41-16-42-30(35)18(4)5/h9-12,16-18,20-21,40H,1,13-15H2,2-8H3,(H,43,50). The number of imidazole rings is 1. The number of pyridine rings is 1. The third-order valence-electron chi connectivity index (χ3n) is 10.1. The van der Waals surface area contributed by atoms with Crippen LogP contribution in [0, 0.1) is 12.7 Å². The van der Waals surface area contributed by atoms with Gasteiger partial charge < -0.3 is 20.1 Å². The zero-order chi connectivity index (χ0) is 35.9. The van der Waals surface area contributed by atoms with E-state index in [-0.39, 0.29) is 51.7 Å². The van der Waals surface area contributed by atoms with Crippen molar-refractivity contribution in [1.29, 1.82) is 0 Å². The van der Waals surface area contributed by atoms with Gasteiger partial charge >= 0.3 is 5.69 Å². The number of hydrogen-bond donors (Lipinski definition) is 2. The maximum absolute atomic E-state index is 17.0. The first-order chi connectivity index (χ1) is 23.8. The van der Waals surface area contributed by atoms with E-state index in [9.17, 15) is 9.59 Å². The van der Waals surface area contributed by atoms with Gasteiger partial charge in [-0.3, -0.25) is 18.7 Å². The molecule has 0 bridgehead atoms. The molecule has 1 fully saturated rings. The fourth-order valence-corrected chi connectivity index (χ4v) is 8.10. The van der Waals surface area contributed by atoms with E-state index in [0.717, 1.165) is 0 Å². The Morgan fingerprint density at radius 2 is 1.74 bits per heavy atom. The van der Waals surface area contributed by atoms with Gasteiger partial charge in [-0.15, -0.1) is 0 Å². The number of amides is 1. The molecule has 5 aromatic rings. The highest BCUT2D eigenvalue weighted by Gasteiger charge is 2.40. The van der Waals surface area contributed by atoms with Gasteiger partial charge in [-0.05, 0) is 49.5 Å². The zero-order valence-electron chi connectivity index (χ0n) is 29.2. The number of anilines is 2. The van der Waals surface area contributed by atoms with E-state index in [1.54, 1.807) is 22.6 Å². The van der Waals surface area contributed by atoms with E-state index in [1.807, 2.05) is 47.6 Å². The molecule has 2 unspecified atom stereocenters. The van der Waals surface area contributed by atoms with Gasteiger partial charge in [0.05, 0.1) is 50.4 Å². The second kappa shape index (κ2) is 12.1. The molecule has 2 aliphatic rings. The minimum Gasteiger partial charge on any atom is -0.377 e. The van der Waals surface area contributed by atoms with Crippen molar-refractivity contribution in [3.63, 3.8) is 0 Å². The maximum atomic E-state index is 17.0. The summed E-state index contributed by atoms with van der Waals surface area (Å²) in [7, 11) is 1.62.